The van der Waals surface area contributed by atoms with Crippen LogP contribution >= 0.6 is 0 Å². The fourth-order valence-corrected chi connectivity index (χ4v) is 2.16. The zero-order chi connectivity index (χ0) is 14.5. The van der Waals surface area contributed by atoms with Crippen LogP contribution in [0.1, 0.15) is 50.5 Å². The summed E-state index contributed by atoms with van der Waals surface area (Å²) in [6.07, 6.45) is 12.0. The molecule has 0 heterocycles. The van der Waals surface area contributed by atoms with Crippen LogP contribution in [0.15, 0.2) is 42.6 Å². The molecule has 20 heavy (non-hydrogen) atoms. The van der Waals surface area contributed by atoms with Crippen molar-refractivity contribution in [3.8, 4) is 0 Å². The lowest BCUT2D eigenvalue weighted by Gasteiger charge is -2.02. The number of aryl methyl sites for hydroxylation is 1. The van der Waals surface area contributed by atoms with E-state index in [0.717, 1.165) is 12.8 Å². The molecule has 0 saturated heterocycles. The molecule has 1 amide bonds. The van der Waals surface area contributed by atoms with E-state index in [1.165, 1.54) is 50.3 Å². The van der Waals surface area contributed by atoms with Crippen LogP contribution in [-0.2, 0) is 6.42 Å². The van der Waals surface area contributed by atoms with Gasteiger partial charge < -0.3 is 5.11 Å². The highest BCUT2D eigenvalue weighted by Crippen LogP contribution is 2.10. The quantitative estimate of drug-likeness (QED) is 0.606. The smallest absolute Gasteiger partial charge is 0.408 e. The fourth-order valence-electron chi connectivity index (χ4n) is 2.16. The Balaban J connectivity index is 1.85. The van der Waals surface area contributed by atoms with Crippen molar-refractivity contribution in [1.82, 2.24) is 5.32 Å². The number of carbonyl (C=O) groups is 1. The Morgan fingerprint density at radius 3 is 2.35 bits per heavy atom. The molecular weight excluding hydrogens is 250 g/mol. The van der Waals surface area contributed by atoms with E-state index in [4.69, 9.17) is 5.11 Å². The number of benzene rings is 1. The average molecular weight is 275 g/mol. The number of nitrogens with one attached hydrogen (secondary N) is 1. The lowest BCUT2D eigenvalue weighted by atomic mass is 10.0. The van der Waals surface area contributed by atoms with Gasteiger partial charge in [0.25, 0.3) is 0 Å². The minimum absolute atomic E-state index is 0.949. The predicted octanol–water partition coefficient (Wildman–Crippen LogP) is 4.74. The first kappa shape index (κ1) is 16.3. The summed E-state index contributed by atoms with van der Waals surface area (Å²) >= 11 is 0. The second-order valence-electron chi connectivity index (χ2n) is 5.00. The van der Waals surface area contributed by atoms with Gasteiger partial charge in [0.05, 0.1) is 0 Å². The molecule has 0 aliphatic heterocycles. The van der Waals surface area contributed by atoms with E-state index in [1.807, 2.05) is 6.08 Å². The summed E-state index contributed by atoms with van der Waals surface area (Å²) in [7, 11) is 0. The Morgan fingerprint density at radius 2 is 1.65 bits per heavy atom. The molecule has 0 fully saturated rings. The van der Waals surface area contributed by atoms with Crippen molar-refractivity contribution in [3.63, 3.8) is 0 Å². The van der Waals surface area contributed by atoms with Crippen LogP contribution < -0.4 is 5.32 Å². The molecule has 0 unspecified atom stereocenters. The number of allylic oxidation sites excluding steroid dienone is 1. The minimum atomic E-state index is -1.00. The maximum Gasteiger partial charge on any atom is 0.408 e. The summed E-state index contributed by atoms with van der Waals surface area (Å²) in [4.78, 5) is 10.2. The van der Waals surface area contributed by atoms with Crippen LogP contribution in [-0.4, -0.2) is 11.2 Å². The minimum Gasteiger partial charge on any atom is -0.465 e. The van der Waals surface area contributed by atoms with Crippen molar-refractivity contribution in [2.45, 2.75) is 51.4 Å². The summed E-state index contributed by atoms with van der Waals surface area (Å²) in [5.41, 5.74) is 1.43. The van der Waals surface area contributed by atoms with E-state index in [0.29, 0.717) is 0 Å². The van der Waals surface area contributed by atoms with Crippen molar-refractivity contribution >= 4 is 6.09 Å². The Morgan fingerprint density at radius 1 is 1.00 bits per heavy atom. The summed E-state index contributed by atoms with van der Waals surface area (Å²) < 4.78 is 0. The van der Waals surface area contributed by atoms with E-state index in [9.17, 15) is 4.79 Å². The molecule has 0 saturated carbocycles. The second-order valence-corrected chi connectivity index (χ2v) is 5.00. The lowest BCUT2D eigenvalue weighted by Crippen LogP contribution is -2.12. The molecule has 0 aromatic heterocycles. The van der Waals surface area contributed by atoms with Gasteiger partial charge in [-0.1, -0.05) is 62.1 Å². The zero-order valence-corrected chi connectivity index (χ0v) is 12.1. The van der Waals surface area contributed by atoms with Gasteiger partial charge in [-0.2, -0.15) is 0 Å². The maximum atomic E-state index is 10.2. The predicted molar refractivity (Wildman–Crippen MR) is 82.8 cm³/mol. The number of carboxylic acid groups (broad SMARTS) is 1. The third-order valence-corrected chi connectivity index (χ3v) is 3.25. The molecule has 110 valence electrons. The van der Waals surface area contributed by atoms with Gasteiger partial charge in [0.2, 0.25) is 0 Å². The monoisotopic (exact) mass is 275 g/mol. The topological polar surface area (TPSA) is 49.3 Å². The molecule has 0 spiro atoms. The molecule has 0 radical (unpaired) electrons. The van der Waals surface area contributed by atoms with Crippen LogP contribution in [0.3, 0.4) is 0 Å². The third-order valence-electron chi connectivity index (χ3n) is 3.25. The van der Waals surface area contributed by atoms with Crippen molar-refractivity contribution < 1.29 is 9.90 Å². The van der Waals surface area contributed by atoms with Crippen molar-refractivity contribution in [1.29, 1.82) is 0 Å². The van der Waals surface area contributed by atoms with E-state index < -0.39 is 6.09 Å². The van der Waals surface area contributed by atoms with E-state index in [2.05, 4.69) is 35.6 Å². The van der Waals surface area contributed by atoms with E-state index >= 15 is 0 Å². The Labute approximate surface area is 121 Å². The summed E-state index contributed by atoms with van der Waals surface area (Å²) in [6.45, 7) is 0. The standard InChI is InChI=1S/C17H25NO2/c19-17(20)18-15-11-6-4-2-1-3-5-8-12-16-13-9-7-10-14-16/h7,9-11,13-15,18H,1-6,8,12H2,(H,19,20). The molecule has 1 aromatic rings. The Hall–Kier alpha value is -1.77. The molecule has 1 aromatic carbocycles. The third kappa shape index (κ3) is 9.20. The molecule has 2 N–H and O–H groups in total. The largest absolute Gasteiger partial charge is 0.465 e. The van der Waals surface area contributed by atoms with Crippen molar-refractivity contribution in [2.24, 2.45) is 0 Å². The molecule has 1 rings (SSSR count). The summed E-state index contributed by atoms with van der Waals surface area (Å²) in [6, 6.07) is 10.6. The lowest BCUT2D eigenvalue weighted by molar-refractivity contribution is 0.198. The van der Waals surface area contributed by atoms with Crippen LogP contribution in [0.5, 0.6) is 0 Å². The Bertz CT molecular complexity index is 387. The molecule has 0 atom stereocenters. The first-order chi connectivity index (χ1) is 9.79. The fraction of sp³-hybridized carbons (Fsp3) is 0.471. The summed E-state index contributed by atoms with van der Waals surface area (Å²) in [5.74, 6) is 0. The van der Waals surface area contributed by atoms with E-state index in [-0.39, 0.29) is 0 Å². The Kier molecular flexibility index (Phi) is 9.03. The number of hydrogen-bond donors (Lipinski definition) is 2. The molecule has 3 nitrogen and oxygen atoms in total. The molecule has 0 aliphatic carbocycles. The highest BCUT2D eigenvalue weighted by Gasteiger charge is 1.93. The average Bonchev–Trinajstić information content (AvgIpc) is 2.45. The van der Waals surface area contributed by atoms with Crippen LogP contribution in [0.25, 0.3) is 0 Å². The number of hydrogen-bond acceptors (Lipinski definition) is 1. The highest BCUT2D eigenvalue weighted by atomic mass is 16.4. The summed E-state index contributed by atoms with van der Waals surface area (Å²) in [5, 5.41) is 10.6. The van der Waals surface area contributed by atoms with Crippen LogP contribution in [0, 0.1) is 0 Å². The van der Waals surface area contributed by atoms with E-state index in [1.54, 1.807) is 0 Å². The van der Waals surface area contributed by atoms with Gasteiger partial charge in [-0.15, -0.1) is 0 Å². The maximum absolute atomic E-state index is 10.2. The molecular formula is C17H25NO2. The first-order valence-electron chi connectivity index (χ1n) is 7.47. The SMILES string of the molecule is O=C(O)NC=CCCCCCCCCc1ccccc1. The zero-order valence-electron chi connectivity index (χ0n) is 12.1. The van der Waals surface area contributed by atoms with Crippen molar-refractivity contribution in [3.05, 3.63) is 48.2 Å². The van der Waals surface area contributed by atoms with Crippen LogP contribution in [0.4, 0.5) is 4.79 Å². The van der Waals surface area contributed by atoms with Crippen LogP contribution in [0.2, 0.25) is 0 Å². The van der Waals surface area contributed by atoms with Gasteiger partial charge in [-0.3, -0.25) is 5.32 Å². The molecule has 3 heteroatoms. The number of amides is 1. The van der Waals surface area contributed by atoms with Gasteiger partial charge in [-0.05, 0) is 31.2 Å². The molecule has 0 aliphatic rings. The second kappa shape index (κ2) is 11.1. The van der Waals surface area contributed by atoms with Crippen molar-refractivity contribution in [2.75, 3.05) is 0 Å². The van der Waals surface area contributed by atoms with Gasteiger partial charge in [0.1, 0.15) is 0 Å². The highest BCUT2D eigenvalue weighted by molar-refractivity contribution is 5.65. The number of rotatable bonds is 10. The van der Waals surface area contributed by atoms with Gasteiger partial charge in [0, 0.05) is 6.20 Å². The first-order valence-corrected chi connectivity index (χ1v) is 7.47. The number of unbranched alkanes of at least 4 members (excludes halogenated alkanes) is 6. The normalized spacial score (nSPS) is 10.8. The van der Waals surface area contributed by atoms with Gasteiger partial charge in [0.15, 0.2) is 0 Å². The molecule has 0 bridgehead atoms. The van der Waals surface area contributed by atoms with Gasteiger partial charge >= 0.3 is 6.09 Å². The van der Waals surface area contributed by atoms with Gasteiger partial charge in [-0.25, -0.2) is 4.79 Å².